The molecule has 0 aliphatic heterocycles. The Hall–Kier alpha value is -0.230. The Bertz CT molecular complexity index is 287. The number of hydrogen-bond acceptors (Lipinski definition) is 3. The quantitative estimate of drug-likeness (QED) is 0.692. The molecule has 3 nitrogen and oxygen atoms in total. The zero-order valence-electron chi connectivity index (χ0n) is 8.00. The molecule has 1 aliphatic carbocycles. The van der Waals surface area contributed by atoms with E-state index in [9.17, 15) is 17.2 Å². The van der Waals surface area contributed by atoms with Crippen LogP contribution in [0.2, 0.25) is 0 Å². The topological polar surface area (TPSA) is 43.4 Å². The lowest BCUT2D eigenvalue weighted by Crippen LogP contribution is -2.30. The summed E-state index contributed by atoms with van der Waals surface area (Å²) in [5.74, 6) is -3.46. The Morgan fingerprint density at radius 3 is 2.64 bits per heavy atom. The minimum atomic E-state index is -3.60. The van der Waals surface area contributed by atoms with Crippen LogP contribution < -0.4 is 0 Å². The van der Waals surface area contributed by atoms with Crippen molar-refractivity contribution in [1.29, 1.82) is 0 Å². The maximum Gasteiger partial charge on any atom is 0.267 e. The molecule has 6 heteroatoms. The molecule has 0 radical (unpaired) electrons. The molecule has 0 aromatic heterocycles. The molecule has 0 aromatic carbocycles. The summed E-state index contributed by atoms with van der Waals surface area (Å²) < 4.78 is 52.1. The summed E-state index contributed by atoms with van der Waals surface area (Å²) in [7, 11) is -2.55. The highest BCUT2D eigenvalue weighted by atomic mass is 32.2. The van der Waals surface area contributed by atoms with Gasteiger partial charge in [0.15, 0.2) is 0 Å². The van der Waals surface area contributed by atoms with Crippen LogP contribution in [0.25, 0.3) is 0 Å². The van der Waals surface area contributed by atoms with E-state index < -0.39 is 22.0 Å². The van der Waals surface area contributed by atoms with E-state index >= 15 is 0 Å². The van der Waals surface area contributed by atoms with Crippen molar-refractivity contribution >= 4 is 10.1 Å². The minimum Gasteiger partial charge on any atom is -0.273 e. The second kappa shape index (κ2) is 4.10. The molecule has 1 unspecified atom stereocenters. The maximum absolute atomic E-state index is 12.9. The average Bonchev–Trinajstić information content (AvgIpc) is 2.01. The molecule has 1 aliphatic rings. The third-order valence-corrected chi connectivity index (χ3v) is 3.82. The van der Waals surface area contributed by atoms with Gasteiger partial charge in [-0.1, -0.05) is 0 Å². The van der Waals surface area contributed by atoms with E-state index in [1.807, 2.05) is 0 Å². The van der Waals surface area contributed by atoms with Crippen LogP contribution in [-0.4, -0.2) is 27.2 Å². The molecule has 1 rings (SSSR count). The molecule has 14 heavy (non-hydrogen) atoms. The van der Waals surface area contributed by atoms with Gasteiger partial charge >= 0.3 is 0 Å². The van der Waals surface area contributed by atoms with Gasteiger partial charge in [0.05, 0.1) is 12.9 Å². The minimum absolute atomic E-state index is 0.128. The summed E-state index contributed by atoms with van der Waals surface area (Å²) in [6, 6.07) is 0. The second-order valence-corrected chi connectivity index (χ2v) is 5.49. The van der Waals surface area contributed by atoms with Gasteiger partial charge in [0, 0.05) is 12.8 Å². The van der Waals surface area contributed by atoms with Crippen molar-refractivity contribution in [1.82, 2.24) is 0 Å². The molecule has 0 N–H and O–H groups in total. The van der Waals surface area contributed by atoms with Gasteiger partial charge in [-0.25, -0.2) is 8.78 Å². The van der Waals surface area contributed by atoms with Crippen LogP contribution in [-0.2, 0) is 14.3 Å². The SMILES string of the molecule is COS(=O)(=O)CC1CCCC(F)(F)C1. The van der Waals surface area contributed by atoms with Gasteiger partial charge < -0.3 is 0 Å². The molecule has 84 valence electrons. The molecule has 0 saturated heterocycles. The van der Waals surface area contributed by atoms with Crippen molar-refractivity contribution in [2.45, 2.75) is 31.6 Å². The summed E-state index contributed by atoms with van der Waals surface area (Å²) in [5.41, 5.74) is 0. The monoisotopic (exact) mass is 228 g/mol. The summed E-state index contributed by atoms with van der Waals surface area (Å²) in [6.45, 7) is 0. The van der Waals surface area contributed by atoms with Crippen LogP contribution in [0.15, 0.2) is 0 Å². The fourth-order valence-electron chi connectivity index (χ4n) is 1.77. The van der Waals surface area contributed by atoms with Crippen molar-refractivity contribution in [2.75, 3.05) is 12.9 Å². The first-order valence-electron chi connectivity index (χ1n) is 4.51. The lowest BCUT2D eigenvalue weighted by atomic mass is 9.88. The predicted molar refractivity (Wildman–Crippen MR) is 47.7 cm³/mol. The first kappa shape index (κ1) is 11.8. The lowest BCUT2D eigenvalue weighted by molar-refractivity contribution is -0.0490. The highest BCUT2D eigenvalue weighted by molar-refractivity contribution is 7.86. The van der Waals surface area contributed by atoms with Crippen LogP contribution in [0.4, 0.5) is 8.78 Å². The Morgan fingerprint density at radius 1 is 1.50 bits per heavy atom. The molecule has 1 saturated carbocycles. The highest BCUT2D eigenvalue weighted by Crippen LogP contribution is 2.37. The van der Waals surface area contributed by atoms with Crippen LogP contribution >= 0.6 is 0 Å². The second-order valence-electron chi connectivity index (χ2n) is 3.71. The smallest absolute Gasteiger partial charge is 0.267 e. The molecule has 0 aromatic rings. The fraction of sp³-hybridized carbons (Fsp3) is 1.00. The number of alkyl halides is 2. The van der Waals surface area contributed by atoms with Gasteiger partial charge in [-0.2, -0.15) is 8.42 Å². The fourth-order valence-corrected chi connectivity index (χ4v) is 2.77. The van der Waals surface area contributed by atoms with E-state index in [1.165, 1.54) is 0 Å². The third kappa shape index (κ3) is 3.49. The summed E-state index contributed by atoms with van der Waals surface area (Å²) >= 11 is 0. The Balaban J connectivity index is 2.54. The Kier molecular flexibility index (Phi) is 3.47. The molecule has 0 heterocycles. The van der Waals surface area contributed by atoms with E-state index in [0.717, 1.165) is 7.11 Å². The van der Waals surface area contributed by atoms with E-state index in [4.69, 9.17) is 0 Å². The molecule has 0 bridgehead atoms. The average molecular weight is 228 g/mol. The first-order chi connectivity index (χ1) is 6.35. The number of halogens is 2. The first-order valence-corrected chi connectivity index (χ1v) is 6.08. The zero-order chi connectivity index (χ0) is 10.8. The largest absolute Gasteiger partial charge is 0.273 e. The molecule has 1 atom stereocenters. The molecule has 1 fully saturated rings. The summed E-state index contributed by atoms with van der Waals surface area (Å²) in [6.07, 6.45) is 0.460. The summed E-state index contributed by atoms with van der Waals surface area (Å²) in [4.78, 5) is 0. The highest BCUT2D eigenvalue weighted by Gasteiger charge is 2.37. The van der Waals surface area contributed by atoms with E-state index in [1.54, 1.807) is 0 Å². The van der Waals surface area contributed by atoms with Crippen LogP contribution in [0.1, 0.15) is 25.7 Å². The van der Waals surface area contributed by atoms with Gasteiger partial charge in [0.25, 0.3) is 10.1 Å². The van der Waals surface area contributed by atoms with E-state index in [0.29, 0.717) is 12.8 Å². The van der Waals surface area contributed by atoms with Crippen molar-refractivity contribution in [2.24, 2.45) is 5.92 Å². The lowest BCUT2D eigenvalue weighted by Gasteiger charge is -2.28. The third-order valence-electron chi connectivity index (χ3n) is 2.44. The van der Waals surface area contributed by atoms with Crippen molar-refractivity contribution < 1.29 is 21.4 Å². The summed E-state index contributed by atoms with van der Waals surface area (Å²) in [5, 5.41) is 0. The predicted octanol–water partition coefficient (Wildman–Crippen LogP) is 1.79. The normalized spacial score (nSPS) is 27.5. The molecular formula is C8H14F2O3S. The van der Waals surface area contributed by atoms with Crippen LogP contribution in [0.3, 0.4) is 0 Å². The van der Waals surface area contributed by atoms with E-state index in [-0.39, 0.29) is 18.6 Å². The van der Waals surface area contributed by atoms with Gasteiger partial charge in [-0.15, -0.1) is 0 Å². The Labute approximate surface area is 82.6 Å². The zero-order valence-corrected chi connectivity index (χ0v) is 8.82. The van der Waals surface area contributed by atoms with Gasteiger partial charge in [-0.3, -0.25) is 4.18 Å². The van der Waals surface area contributed by atoms with Crippen molar-refractivity contribution in [3.63, 3.8) is 0 Å². The van der Waals surface area contributed by atoms with Crippen molar-refractivity contribution in [3.8, 4) is 0 Å². The number of rotatable bonds is 3. The van der Waals surface area contributed by atoms with Crippen molar-refractivity contribution in [3.05, 3.63) is 0 Å². The molecular weight excluding hydrogens is 214 g/mol. The number of hydrogen-bond donors (Lipinski definition) is 0. The van der Waals surface area contributed by atoms with Gasteiger partial charge in [-0.05, 0) is 18.8 Å². The standard InChI is InChI=1S/C8H14F2O3S/c1-13-14(11,12)6-7-3-2-4-8(9,10)5-7/h7H,2-6H2,1H3. The van der Waals surface area contributed by atoms with E-state index in [2.05, 4.69) is 4.18 Å². The van der Waals surface area contributed by atoms with Crippen LogP contribution in [0.5, 0.6) is 0 Å². The molecule has 0 amide bonds. The van der Waals surface area contributed by atoms with Gasteiger partial charge in [0.2, 0.25) is 5.92 Å². The van der Waals surface area contributed by atoms with Gasteiger partial charge in [0.1, 0.15) is 0 Å². The Morgan fingerprint density at radius 2 is 2.14 bits per heavy atom. The molecule has 0 spiro atoms. The van der Waals surface area contributed by atoms with Crippen LogP contribution in [0, 0.1) is 5.92 Å². The maximum atomic E-state index is 12.9.